The summed E-state index contributed by atoms with van der Waals surface area (Å²) in [6, 6.07) is 16.2. The summed E-state index contributed by atoms with van der Waals surface area (Å²) in [5.41, 5.74) is 1.34. The summed E-state index contributed by atoms with van der Waals surface area (Å²) >= 11 is 5.75. The van der Waals surface area contributed by atoms with E-state index >= 15 is 0 Å². The zero-order valence-corrected chi connectivity index (χ0v) is 17.2. The maximum absolute atomic E-state index is 12.5. The summed E-state index contributed by atoms with van der Waals surface area (Å²) < 4.78 is 27.5. The van der Waals surface area contributed by atoms with Crippen molar-refractivity contribution < 1.29 is 18.1 Å². The molecule has 0 bridgehead atoms. The molecule has 3 aromatic carbocycles. The van der Waals surface area contributed by atoms with Crippen molar-refractivity contribution in [3.8, 4) is 0 Å². The number of nitro benzene ring substituents is 1. The van der Waals surface area contributed by atoms with E-state index in [0.29, 0.717) is 11.4 Å². The Morgan fingerprint density at radius 3 is 2.33 bits per heavy atom. The molecular formula is C20H16ClN3O5S. The van der Waals surface area contributed by atoms with Gasteiger partial charge in [0.1, 0.15) is 5.02 Å². The molecule has 0 aromatic heterocycles. The fourth-order valence-electron chi connectivity index (χ4n) is 2.64. The lowest BCUT2D eigenvalue weighted by atomic mass is 10.2. The predicted octanol–water partition coefficient (Wildman–Crippen LogP) is 4.61. The topological polar surface area (TPSA) is 118 Å². The van der Waals surface area contributed by atoms with Gasteiger partial charge in [-0.15, -0.1) is 0 Å². The van der Waals surface area contributed by atoms with E-state index in [0.717, 1.165) is 11.6 Å². The van der Waals surface area contributed by atoms with Crippen molar-refractivity contribution in [3.05, 3.63) is 93.0 Å². The van der Waals surface area contributed by atoms with Gasteiger partial charge in [0.25, 0.3) is 21.6 Å². The summed E-state index contributed by atoms with van der Waals surface area (Å²) in [5.74, 6) is -0.594. The van der Waals surface area contributed by atoms with Crippen molar-refractivity contribution in [1.29, 1.82) is 0 Å². The largest absolute Gasteiger partial charge is 0.322 e. The lowest BCUT2D eigenvalue weighted by molar-refractivity contribution is -0.384. The maximum Gasteiger partial charge on any atom is 0.288 e. The molecule has 0 aliphatic heterocycles. The third kappa shape index (κ3) is 4.94. The van der Waals surface area contributed by atoms with Gasteiger partial charge < -0.3 is 5.32 Å². The highest BCUT2D eigenvalue weighted by molar-refractivity contribution is 7.92. The van der Waals surface area contributed by atoms with Crippen LogP contribution in [-0.2, 0) is 10.0 Å². The van der Waals surface area contributed by atoms with Crippen LogP contribution in [0.3, 0.4) is 0 Å². The number of nitrogens with zero attached hydrogens (tertiary/aromatic N) is 1. The van der Waals surface area contributed by atoms with Crippen molar-refractivity contribution in [2.75, 3.05) is 10.0 Å². The number of anilines is 2. The van der Waals surface area contributed by atoms with Gasteiger partial charge in [-0.2, -0.15) is 0 Å². The minimum Gasteiger partial charge on any atom is -0.322 e. The van der Waals surface area contributed by atoms with E-state index in [4.69, 9.17) is 11.6 Å². The zero-order chi connectivity index (χ0) is 21.9. The van der Waals surface area contributed by atoms with Crippen LogP contribution in [-0.4, -0.2) is 19.2 Å². The van der Waals surface area contributed by atoms with Crippen molar-refractivity contribution in [2.24, 2.45) is 0 Å². The van der Waals surface area contributed by atoms with E-state index in [1.807, 2.05) is 13.0 Å². The van der Waals surface area contributed by atoms with Gasteiger partial charge in [0, 0.05) is 23.0 Å². The zero-order valence-electron chi connectivity index (χ0n) is 15.6. The van der Waals surface area contributed by atoms with Gasteiger partial charge in [0.15, 0.2) is 0 Å². The highest BCUT2D eigenvalue weighted by atomic mass is 35.5. The molecule has 154 valence electrons. The van der Waals surface area contributed by atoms with Crippen molar-refractivity contribution >= 4 is 44.6 Å². The molecule has 0 unspecified atom stereocenters. The minimum atomic E-state index is -3.80. The van der Waals surface area contributed by atoms with Gasteiger partial charge in [-0.3, -0.25) is 19.6 Å². The Bertz CT molecular complexity index is 1230. The summed E-state index contributed by atoms with van der Waals surface area (Å²) in [6.45, 7) is 1.85. The monoisotopic (exact) mass is 445 g/mol. The number of hydrogen-bond donors (Lipinski definition) is 2. The van der Waals surface area contributed by atoms with Crippen LogP contribution in [0, 0.1) is 17.0 Å². The highest BCUT2D eigenvalue weighted by Gasteiger charge is 2.17. The molecule has 10 heteroatoms. The first kappa shape index (κ1) is 21.3. The average Bonchev–Trinajstić information content (AvgIpc) is 2.68. The average molecular weight is 446 g/mol. The molecule has 0 saturated carbocycles. The molecule has 0 spiro atoms. The van der Waals surface area contributed by atoms with Crippen LogP contribution in [0.15, 0.2) is 71.6 Å². The number of carbonyl (C=O) groups is 1. The van der Waals surface area contributed by atoms with Gasteiger partial charge in [-0.1, -0.05) is 23.7 Å². The van der Waals surface area contributed by atoms with Gasteiger partial charge in [-0.05, 0) is 61.0 Å². The van der Waals surface area contributed by atoms with Crippen molar-refractivity contribution in [1.82, 2.24) is 0 Å². The first-order chi connectivity index (χ1) is 14.2. The number of amides is 1. The minimum absolute atomic E-state index is 0.0177. The standard InChI is InChI=1S/C20H16ClN3O5S/c1-13-3-2-4-16(11-13)23-30(28,29)17-8-6-15(7-9-17)22-20(25)14-5-10-18(21)19(12-14)24(26)27/h2-12,23H,1H3,(H,22,25). The Balaban J connectivity index is 1.75. The Hall–Kier alpha value is -3.43. The van der Waals surface area contributed by atoms with Crippen molar-refractivity contribution in [2.45, 2.75) is 11.8 Å². The van der Waals surface area contributed by atoms with Gasteiger partial charge >= 0.3 is 0 Å². The SMILES string of the molecule is Cc1cccc(NS(=O)(=O)c2ccc(NC(=O)c3ccc(Cl)c([N+](=O)[O-])c3)cc2)c1. The molecule has 0 radical (unpaired) electrons. The highest BCUT2D eigenvalue weighted by Crippen LogP contribution is 2.26. The maximum atomic E-state index is 12.5. The second-order valence-electron chi connectivity index (χ2n) is 6.38. The number of benzene rings is 3. The third-order valence-corrected chi connectivity index (χ3v) is 5.81. The molecule has 8 nitrogen and oxygen atoms in total. The number of aryl methyl sites for hydroxylation is 1. The quantitative estimate of drug-likeness (QED) is 0.424. The normalized spacial score (nSPS) is 11.0. The van der Waals surface area contributed by atoms with Crippen LogP contribution in [0.25, 0.3) is 0 Å². The Morgan fingerprint density at radius 2 is 1.70 bits per heavy atom. The Labute approximate surface area is 177 Å². The smallest absolute Gasteiger partial charge is 0.288 e. The van der Waals surface area contributed by atoms with E-state index in [2.05, 4.69) is 10.0 Å². The summed E-state index contributed by atoms with van der Waals surface area (Å²) in [5, 5.41) is 13.4. The van der Waals surface area contributed by atoms with E-state index < -0.39 is 20.9 Å². The van der Waals surface area contributed by atoms with Crippen molar-refractivity contribution in [3.63, 3.8) is 0 Å². The summed E-state index contributed by atoms with van der Waals surface area (Å²) in [6.07, 6.45) is 0. The van der Waals surface area contributed by atoms with Crippen LogP contribution in [0.2, 0.25) is 5.02 Å². The fraction of sp³-hybridized carbons (Fsp3) is 0.0500. The lowest BCUT2D eigenvalue weighted by Gasteiger charge is -2.10. The fourth-order valence-corrected chi connectivity index (χ4v) is 3.87. The molecule has 0 atom stereocenters. The Kier molecular flexibility index (Phi) is 6.04. The van der Waals surface area contributed by atoms with E-state index in [1.54, 1.807) is 18.2 Å². The van der Waals surface area contributed by atoms with Gasteiger partial charge in [0.2, 0.25) is 0 Å². The van der Waals surface area contributed by atoms with Gasteiger partial charge in [0.05, 0.1) is 9.82 Å². The first-order valence-electron chi connectivity index (χ1n) is 8.60. The summed E-state index contributed by atoms with van der Waals surface area (Å²) in [7, 11) is -3.80. The van der Waals surface area contributed by atoms with E-state index in [-0.39, 0.29) is 21.2 Å². The molecule has 0 saturated heterocycles. The predicted molar refractivity (Wildman–Crippen MR) is 114 cm³/mol. The number of nitrogens with one attached hydrogen (secondary N) is 2. The molecule has 30 heavy (non-hydrogen) atoms. The number of carbonyl (C=O) groups excluding carboxylic acids is 1. The number of nitro groups is 1. The first-order valence-corrected chi connectivity index (χ1v) is 10.5. The second kappa shape index (κ2) is 8.52. The van der Waals surface area contributed by atoms with Crippen LogP contribution < -0.4 is 10.0 Å². The molecule has 3 aromatic rings. The van der Waals surface area contributed by atoms with Crippen LogP contribution in [0.1, 0.15) is 15.9 Å². The molecule has 0 heterocycles. The molecule has 1 amide bonds. The number of rotatable bonds is 6. The van der Waals surface area contributed by atoms with E-state index in [9.17, 15) is 23.3 Å². The van der Waals surface area contributed by atoms with Crippen LogP contribution in [0.5, 0.6) is 0 Å². The second-order valence-corrected chi connectivity index (χ2v) is 8.47. The lowest BCUT2D eigenvalue weighted by Crippen LogP contribution is -2.14. The number of halogens is 1. The number of sulfonamides is 1. The van der Waals surface area contributed by atoms with Crippen LogP contribution in [0.4, 0.5) is 17.1 Å². The Morgan fingerprint density at radius 1 is 1.00 bits per heavy atom. The molecule has 0 fully saturated rings. The van der Waals surface area contributed by atoms with Crippen LogP contribution >= 0.6 is 11.6 Å². The van der Waals surface area contributed by atoms with E-state index in [1.165, 1.54) is 36.4 Å². The molecule has 0 aliphatic carbocycles. The third-order valence-electron chi connectivity index (χ3n) is 4.10. The molecule has 3 rings (SSSR count). The molecule has 2 N–H and O–H groups in total. The molecule has 0 aliphatic rings. The summed E-state index contributed by atoms with van der Waals surface area (Å²) in [4.78, 5) is 22.6. The van der Waals surface area contributed by atoms with Gasteiger partial charge in [-0.25, -0.2) is 8.42 Å². The molecular weight excluding hydrogens is 430 g/mol. The number of hydrogen-bond acceptors (Lipinski definition) is 5.